The monoisotopic (exact) mass is 400 g/mol. The summed E-state index contributed by atoms with van der Waals surface area (Å²) < 4.78 is 2.36. The molecule has 0 aliphatic rings. The van der Waals surface area contributed by atoms with Crippen molar-refractivity contribution in [1.29, 1.82) is 0 Å². The third-order valence-electron chi connectivity index (χ3n) is 2.79. The minimum atomic E-state index is -0.524. The summed E-state index contributed by atoms with van der Waals surface area (Å²) in [4.78, 5) is 22.5. The Morgan fingerprint density at radius 2 is 2.19 bits per heavy atom. The first-order chi connectivity index (χ1) is 9.88. The van der Waals surface area contributed by atoms with Gasteiger partial charge in [-0.2, -0.15) is 5.10 Å². The average Bonchev–Trinajstić information content (AvgIpc) is 2.87. The van der Waals surface area contributed by atoms with Gasteiger partial charge in [0.1, 0.15) is 0 Å². The molecular formula is C13H13IN4O3. The third-order valence-corrected chi connectivity index (χ3v) is 3.73. The van der Waals surface area contributed by atoms with E-state index in [0.29, 0.717) is 9.26 Å². The zero-order valence-electron chi connectivity index (χ0n) is 11.4. The Kier molecular flexibility index (Phi) is 4.56. The van der Waals surface area contributed by atoms with Crippen LogP contribution in [0.2, 0.25) is 0 Å². The predicted molar refractivity (Wildman–Crippen MR) is 86.4 cm³/mol. The van der Waals surface area contributed by atoms with Gasteiger partial charge in [-0.1, -0.05) is 0 Å². The van der Waals surface area contributed by atoms with Crippen LogP contribution < -0.4 is 5.32 Å². The van der Waals surface area contributed by atoms with Crippen LogP contribution in [-0.4, -0.2) is 20.6 Å². The second-order valence-corrected chi connectivity index (χ2v) is 5.84. The molecule has 0 saturated heterocycles. The Bertz CT molecular complexity index is 696. The number of non-ortho nitro benzene ring substituents is 1. The number of hydrogen-bond donors (Lipinski definition) is 1. The van der Waals surface area contributed by atoms with E-state index in [1.807, 2.05) is 36.4 Å². The van der Waals surface area contributed by atoms with Crippen LogP contribution >= 0.6 is 22.6 Å². The molecule has 1 aromatic carbocycles. The number of nitrogens with zero attached hydrogens (tertiary/aromatic N) is 3. The van der Waals surface area contributed by atoms with Crippen LogP contribution in [0.15, 0.2) is 30.6 Å². The van der Waals surface area contributed by atoms with Crippen molar-refractivity contribution in [2.45, 2.75) is 19.9 Å². The Morgan fingerprint density at radius 1 is 1.48 bits per heavy atom. The number of carbonyl (C=O) groups is 1. The molecule has 1 amide bonds. The molecule has 1 aromatic heterocycles. The van der Waals surface area contributed by atoms with E-state index in [-0.39, 0.29) is 17.3 Å². The largest absolute Gasteiger partial charge is 0.319 e. The molecule has 1 heterocycles. The smallest absolute Gasteiger partial charge is 0.270 e. The highest BCUT2D eigenvalue weighted by atomic mass is 127. The summed E-state index contributed by atoms with van der Waals surface area (Å²) in [6.45, 7) is 3.95. The SMILES string of the molecule is CC(C)n1cc(NC(=O)c2cc([N+](=O)[O-])ccc2I)cn1. The number of nitro groups is 1. The van der Waals surface area contributed by atoms with Crippen molar-refractivity contribution in [2.24, 2.45) is 0 Å². The van der Waals surface area contributed by atoms with E-state index >= 15 is 0 Å². The molecule has 0 atom stereocenters. The molecule has 0 bridgehead atoms. The third kappa shape index (κ3) is 3.57. The van der Waals surface area contributed by atoms with Gasteiger partial charge >= 0.3 is 0 Å². The first-order valence-electron chi connectivity index (χ1n) is 6.18. The van der Waals surface area contributed by atoms with Crippen LogP contribution in [0.5, 0.6) is 0 Å². The number of rotatable bonds is 4. The number of aromatic nitrogens is 2. The lowest BCUT2D eigenvalue weighted by molar-refractivity contribution is -0.384. The van der Waals surface area contributed by atoms with Crippen molar-refractivity contribution in [3.63, 3.8) is 0 Å². The van der Waals surface area contributed by atoms with Crippen molar-refractivity contribution < 1.29 is 9.72 Å². The molecule has 0 unspecified atom stereocenters. The topological polar surface area (TPSA) is 90.1 Å². The van der Waals surface area contributed by atoms with E-state index in [0.717, 1.165) is 0 Å². The molecule has 0 radical (unpaired) electrons. The summed E-state index contributed by atoms with van der Waals surface area (Å²) >= 11 is 1.97. The molecule has 0 saturated carbocycles. The van der Waals surface area contributed by atoms with Gasteiger partial charge in [0.2, 0.25) is 0 Å². The fourth-order valence-corrected chi connectivity index (χ4v) is 2.26. The highest BCUT2D eigenvalue weighted by Crippen LogP contribution is 2.21. The van der Waals surface area contributed by atoms with Crippen molar-refractivity contribution in [1.82, 2.24) is 9.78 Å². The van der Waals surface area contributed by atoms with E-state index in [9.17, 15) is 14.9 Å². The molecule has 0 fully saturated rings. The number of nitro benzene ring substituents is 1. The molecule has 7 nitrogen and oxygen atoms in total. The lowest BCUT2D eigenvalue weighted by Gasteiger charge is -2.05. The van der Waals surface area contributed by atoms with Gasteiger partial charge in [0, 0.05) is 27.9 Å². The van der Waals surface area contributed by atoms with Crippen molar-refractivity contribution in [3.05, 3.63) is 49.8 Å². The second-order valence-electron chi connectivity index (χ2n) is 4.68. The lowest BCUT2D eigenvalue weighted by Crippen LogP contribution is -2.13. The maximum atomic E-state index is 12.2. The van der Waals surface area contributed by atoms with Gasteiger partial charge < -0.3 is 5.32 Å². The van der Waals surface area contributed by atoms with Gasteiger partial charge in [0.25, 0.3) is 11.6 Å². The quantitative estimate of drug-likeness (QED) is 0.485. The molecule has 0 aliphatic carbocycles. The summed E-state index contributed by atoms with van der Waals surface area (Å²) in [5.74, 6) is -0.397. The molecule has 0 aliphatic heterocycles. The van der Waals surface area contributed by atoms with E-state index in [1.165, 1.54) is 12.1 Å². The molecule has 8 heteroatoms. The first kappa shape index (κ1) is 15.4. The van der Waals surface area contributed by atoms with Crippen LogP contribution in [0.1, 0.15) is 30.2 Å². The zero-order chi connectivity index (χ0) is 15.6. The van der Waals surface area contributed by atoms with Crippen molar-refractivity contribution in [3.8, 4) is 0 Å². The Labute approximate surface area is 134 Å². The standard InChI is InChI=1S/C13H13IN4O3/c1-8(2)17-7-9(6-15-17)16-13(19)11-5-10(18(20)21)3-4-12(11)14/h3-8H,1-2H3,(H,16,19). The van der Waals surface area contributed by atoms with Gasteiger partial charge in [-0.15, -0.1) is 0 Å². The Morgan fingerprint density at radius 3 is 2.76 bits per heavy atom. The summed E-state index contributed by atoms with van der Waals surface area (Å²) in [6, 6.07) is 4.37. The number of hydrogen-bond acceptors (Lipinski definition) is 4. The van der Waals surface area contributed by atoms with Crippen molar-refractivity contribution in [2.75, 3.05) is 5.32 Å². The molecule has 21 heavy (non-hydrogen) atoms. The van der Waals surface area contributed by atoms with Crippen LogP contribution in [0, 0.1) is 13.7 Å². The predicted octanol–water partition coefficient (Wildman–Crippen LogP) is 3.23. The van der Waals surface area contributed by atoms with Gasteiger partial charge in [-0.05, 0) is 42.5 Å². The summed E-state index contributed by atoms with van der Waals surface area (Å²) in [5, 5.41) is 17.6. The summed E-state index contributed by atoms with van der Waals surface area (Å²) in [5.41, 5.74) is 0.705. The molecule has 2 aromatic rings. The van der Waals surface area contributed by atoms with Gasteiger partial charge in [0.15, 0.2) is 0 Å². The average molecular weight is 400 g/mol. The Hall–Kier alpha value is -1.97. The van der Waals surface area contributed by atoms with Crippen LogP contribution in [0.3, 0.4) is 0 Å². The lowest BCUT2D eigenvalue weighted by atomic mass is 10.2. The van der Waals surface area contributed by atoms with E-state index in [4.69, 9.17) is 0 Å². The van der Waals surface area contributed by atoms with Gasteiger partial charge in [-0.25, -0.2) is 0 Å². The zero-order valence-corrected chi connectivity index (χ0v) is 13.6. The maximum Gasteiger partial charge on any atom is 0.270 e. The van der Waals surface area contributed by atoms with Crippen LogP contribution in [-0.2, 0) is 0 Å². The Balaban J connectivity index is 2.23. The fraction of sp³-hybridized carbons (Fsp3) is 0.231. The molecule has 1 N–H and O–H groups in total. The normalized spacial score (nSPS) is 10.7. The van der Waals surface area contributed by atoms with Gasteiger partial charge in [0.05, 0.1) is 22.4 Å². The number of nitrogens with one attached hydrogen (secondary N) is 1. The second kappa shape index (κ2) is 6.20. The van der Waals surface area contributed by atoms with Crippen LogP contribution in [0.25, 0.3) is 0 Å². The fourth-order valence-electron chi connectivity index (χ4n) is 1.68. The van der Waals surface area contributed by atoms with Crippen molar-refractivity contribution >= 4 is 39.9 Å². The van der Waals surface area contributed by atoms with Crippen LogP contribution in [0.4, 0.5) is 11.4 Å². The number of carbonyl (C=O) groups excluding carboxylic acids is 1. The highest BCUT2D eigenvalue weighted by Gasteiger charge is 2.16. The minimum Gasteiger partial charge on any atom is -0.319 e. The molecule has 0 spiro atoms. The number of benzene rings is 1. The maximum absolute atomic E-state index is 12.2. The molecule has 2 rings (SSSR count). The van der Waals surface area contributed by atoms with Gasteiger partial charge in [-0.3, -0.25) is 19.6 Å². The number of anilines is 1. The van der Waals surface area contributed by atoms with E-state index in [2.05, 4.69) is 10.4 Å². The number of halogens is 1. The highest BCUT2D eigenvalue weighted by molar-refractivity contribution is 14.1. The summed E-state index contributed by atoms with van der Waals surface area (Å²) in [6.07, 6.45) is 3.26. The first-order valence-corrected chi connectivity index (χ1v) is 7.26. The molecular weight excluding hydrogens is 387 g/mol. The van der Waals surface area contributed by atoms with E-state index < -0.39 is 10.8 Å². The molecule has 110 valence electrons. The summed E-state index contributed by atoms with van der Waals surface area (Å²) in [7, 11) is 0. The van der Waals surface area contributed by atoms with E-state index in [1.54, 1.807) is 23.1 Å². The minimum absolute atomic E-state index is 0.113. The number of amides is 1.